The molecule has 30 heavy (non-hydrogen) atoms. The van der Waals surface area contributed by atoms with Crippen LogP contribution in [0.5, 0.6) is 5.75 Å². The zero-order valence-corrected chi connectivity index (χ0v) is 17.0. The van der Waals surface area contributed by atoms with Crippen molar-refractivity contribution in [2.75, 3.05) is 0 Å². The molecule has 2 heterocycles. The maximum atomic E-state index is 12.3. The molecule has 0 saturated carbocycles. The van der Waals surface area contributed by atoms with Gasteiger partial charge in [0.1, 0.15) is 17.7 Å². The molecule has 0 radical (unpaired) electrons. The number of aromatic nitrogens is 3. The number of benzene rings is 1. The monoisotopic (exact) mass is 417 g/mol. The van der Waals surface area contributed by atoms with Crippen molar-refractivity contribution >= 4 is 0 Å². The van der Waals surface area contributed by atoms with Crippen molar-refractivity contribution < 1.29 is 23.0 Å². The van der Waals surface area contributed by atoms with E-state index in [1.807, 2.05) is 33.8 Å². The van der Waals surface area contributed by atoms with Gasteiger partial charge in [0.15, 0.2) is 0 Å². The number of alkyl halides is 3. The fourth-order valence-electron chi connectivity index (χ4n) is 3.45. The first-order valence-corrected chi connectivity index (χ1v) is 9.23. The molecule has 1 aromatic carbocycles. The number of hydrogen-bond acceptors (Lipinski definition) is 5. The van der Waals surface area contributed by atoms with E-state index in [1.165, 1.54) is 18.5 Å². The van der Waals surface area contributed by atoms with E-state index < -0.39 is 17.4 Å². The quantitative estimate of drug-likeness (QED) is 0.645. The Balaban J connectivity index is 2.00. The summed E-state index contributed by atoms with van der Waals surface area (Å²) in [5.41, 5.74) is 1.32. The minimum atomic E-state index is -4.76. The summed E-state index contributed by atoms with van der Waals surface area (Å²) < 4.78 is 40.8. The fourth-order valence-corrected chi connectivity index (χ4v) is 3.45. The summed E-state index contributed by atoms with van der Waals surface area (Å²) >= 11 is 0. The van der Waals surface area contributed by atoms with Gasteiger partial charge in [-0.25, -0.2) is 9.97 Å². The standard InChI is InChI=1S/C22H22F3N3O2/c1-14-9-15(19-8-6-17(12-28-19)30-22(23,24)25)5-7-18(14)21(29,20(2,3)4)16-10-26-13-27-11-16/h5-13,29H,1-4H3. The number of halogens is 3. The summed E-state index contributed by atoms with van der Waals surface area (Å²) in [6.45, 7) is 7.64. The molecule has 0 spiro atoms. The number of aryl methyl sites for hydroxylation is 1. The Bertz CT molecular complexity index is 1020. The molecular formula is C22H22F3N3O2. The average Bonchev–Trinajstić information content (AvgIpc) is 2.66. The first-order chi connectivity index (χ1) is 13.9. The van der Waals surface area contributed by atoms with Crippen LogP contribution in [-0.2, 0) is 5.60 Å². The van der Waals surface area contributed by atoms with Crippen LogP contribution in [-0.4, -0.2) is 26.4 Å². The Morgan fingerprint density at radius 2 is 1.60 bits per heavy atom. The first kappa shape index (κ1) is 21.7. The second kappa shape index (κ2) is 7.68. The van der Waals surface area contributed by atoms with E-state index in [-0.39, 0.29) is 5.75 Å². The molecule has 0 aliphatic rings. The zero-order valence-electron chi connectivity index (χ0n) is 17.0. The zero-order chi connectivity index (χ0) is 22.2. The molecule has 1 atom stereocenters. The molecule has 8 heteroatoms. The smallest absolute Gasteiger partial charge is 0.404 e. The van der Waals surface area contributed by atoms with Crippen LogP contribution in [0.2, 0.25) is 0 Å². The van der Waals surface area contributed by atoms with Gasteiger partial charge in [0.05, 0.1) is 11.9 Å². The number of rotatable bonds is 4. The van der Waals surface area contributed by atoms with Gasteiger partial charge in [0, 0.05) is 23.5 Å². The molecule has 0 amide bonds. The Hall–Kier alpha value is -3.00. The summed E-state index contributed by atoms with van der Waals surface area (Å²) in [7, 11) is 0. The molecule has 0 bridgehead atoms. The molecular weight excluding hydrogens is 395 g/mol. The van der Waals surface area contributed by atoms with E-state index in [0.29, 0.717) is 22.4 Å². The van der Waals surface area contributed by atoms with Crippen LogP contribution in [0.1, 0.15) is 37.5 Å². The van der Waals surface area contributed by atoms with Crippen LogP contribution < -0.4 is 4.74 Å². The highest BCUT2D eigenvalue weighted by molar-refractivity contribution is 5.62. The van der Waals surface area contributed by atoms with E-state index in [2.05, 4.69) is 19.7 Å². The van der Waals surface area contributed by atoms with E-state index in [0.717, 1.165) is 11.8 Å². The van der Waals surface area contributed by atoms with Crippen LogP contribution >= 0.6 is 0 Å². The molecule has 0 aliphatic heterocycles. The third-order valence-corrected chi connectivity index (χ3v) is 4.95. The highest BCUT2D eigenvalue weighted by atomic mass is 19.4. The lowest BCUT2D eigenvalue weighted by atomic mass is 9.68. The van der Waals surface area contributed by atoms with Crippen LogP contribution in [0.3, 0.4) is 0 Å². The molecule has 2 aromatic heterocycles. The van der Waals surface area contributed by atoms with Crippen LogP contribution in [0, 0.1) is 12.3 Å². The number of ether oxygens (including phenoxy) is 1. The van der Waals surface area contributed by atoms with Gasteiger partial charge in [0.25, 0.3) is 0 Å². The molecule has 0 aliphatic carbocycles. The maximum absolute atomic E-state index is 12.3. The van der Waals surface area contributed by atoms with Crippen LogP contribution in [0.4, 0.5) is 13.2 Å². The predicted octanol–water partition coefficient (Wildman–Crippen LogP) is 5.03. The van der Waals surface area contributed by atoms with Crippen LogP contribution in [0.25, 0.3) is 11.3 Å². The van der Waals surface area contributed by atoms with Gasteiger partial charge in [0.2, 0.25) is 0 Å². The van der Waals surface area contributed by atoms with Gasteiger partial charge in [-0.15, -0.1) is 13.2 Å². The third-order valence-electron chi connectivity index (χ3n) is 4.95. The molecule has 5 nitrogen and oxygen atoms in total. The largest absolute Gasteiger partial charge is 0.573 e. The fraction of sp³-hybridized carbons (Fsp3) is 0.318. The van der Waals surface area contributed by atoms with Gasteiger partial charge in [-0.1, -0.05) is 32.9 Å². The normalized spacial score (nSPS) is 14.3. The molecule has 0 fully saturated rings. The third kappa shape index (κ3) is 4.28. The first-order valence-electron chi connectivity index (χ1n) is 9.23. The van der Waals surface area contributed by atoms with Crippen LogP contribution in [0.15, 0.2) is 55.2 Å². The van der Waals surface area contributed by atoms with Gasteiger partial charge in [-0.05, 0) is 41.7 Å². The molecule has 1 N–H and O–H groups in total. The van der Waals surface area contributed by atoms with E-state index in [4.69, 9.17) is 0 Å². The van der Waals surface area contributed by atoms with E-state index in [9.17, 15) is 18.3 Å². The lowest BCUT2D eigenvalue weighted by molar-refractivity contribution is -0.274. The Morgan fingerprint density at radius 1 is 0.933 bits per heavy atom. The number of nitrogens with zero attached hydrogens (tertiary/aromatic N) is 3. The van der Waals surface area contributed by atoms with Crippen molar-refractivity contribution in [3.63, 3.8) is 0 Å². The Morgan fingerprint density at radius 3 is 2.10 bits per heavy atom. The van der Waals surface area contributed by atoms with Gasteiger partial charge >= 0.3 is 6.36 Å². The molecule has 0 saturated heterocycles. The van der Waals surface area contributed by atoms with Crippen molar-refractivity contribution in [1.29, 1.82) is 0 Å². The minimum absolute atomic E-state index is 0.384. The highest BCUT2D eigenvalue weighted by Crippen LogP contribution is 2.45. The minimum Gasteiger partial charge on any atom is -0.404 e. The lowest BCUT2D eigenvalue weighted by Crippen LogP contribution is -2.42. The Kier molecular flexibility index (Phi) is 5.56. The van der Waals surface area contributed by atoms with Crippen molar-refractivity contribution in [2.24, 2.45) is 5.41 Å². The molecule has 3 aromatic rings. The summed E-state index contributed by atoms with van der Waals surface area (Å²) in [5.74, 6) is -0.384. The van der Waals surface area contributed by atoms with Crippen molar-refractivity contribution in [3.05, 3.63) is 71.9 Å². The second-order valence-electron chi connectivity index (χ2n) is 8.04. The Labute approximate surface area is 172 Å². The predicted molar refractivity (Wildman–Crippen MR) is 106 cm³/mol. The van der Waals surface area contributed by atoms with Crippen molar-refractivity contribution in [1.82, 2.24) is 15.0 Å². The van der Waals surface area contributed by atoms with Gasteiger partial charge in [-0.2, -0.15) is 0 Å². The summed E-state index contributed by atoms with van der Waals surface area (Å²) in [4.78, 5) is 12.2. The topological polar surface area (TPSA) is 68.1 Å². The lowest BCUT2D eigenvalue weighted by Gasteiger charge is -2.41. The molecule has 3 rings (SSSR count). The highest BCUT2D eigenvalue weighted by Gasteiger charge is 2.44. The summed E-state index contributed by atoms with van der Waals surface area (Å²) in [6, 6.07) is 8.07. The number of aliphatic hydroxyl groups is 1. The number of hydrogen-bond donors (Lipinski definition) is 1. The summed E-state index contributed by atoms with van der Waals surface area (Å²) in [6.07, 6.45) is 0.846. The van der Waals surface area contributed by atoms with Crippen molar-refractivity contribution in [3.8, 4) is 17.0 Å². The maximum Gasteiger partial charge on any atom is 0.573 e. The number of pyridine rings is 1. The summed E-state index contributed by atoms with van der Waals surface area (Å²) in [5, 5.41) is 11.8. The van der Waals surface area contributed by atoms with E-state index in [1.54, 1.807) is 24.5 Å². The SMILES string of the molecule is Cc1cc(-c2ccc(OC(F)(F)F)cn2)ccc1C(O)(c1cncnc1)C(C)(C)C. The molecule has 158 valence electrons. The van der Waals surface area contributed by atoms with E-state index >= 15 is 0 Å². The average molecular weight is 417 g/mol. The van der Waals surface area contributed by atoms with Gasteiger partial charge < -0.3 is 9.84 Å². The van der Waals surface area contributed by atoms with Crippen molar-refractivity contribution in [2.45, 2.75) is 39.7 Å². The molecule has 1 unspecified atom stereocenters. The van der Waals surface area contributed by atoms with Gasteiger partial charge in [-0.3, -0.25) is 4.98 Å². The second-order valence-corrected chi connectivity index (χ2v) is 8.04.